The molecule has 1 saturated carbocycles. The molecule has 2 aromatic carbocycles. The number of likely N-dealkylation sites (tertiary alicyclic amines) is 1. The number of rotatable bonds is 7. The summed E-state index contributed by atoms with van der Waals surface area (Å²) in [6.45, 7) is 4.37. The Morgan fingerprint density at radius 2 is 1.67 bits per heavy atom. The molecule has 2 aliphatic heterocycles. The first kappa shape index (κ1) is 22.9. The van der Waals surface area contributed by atoms with E-state index in [9.17, 15) is 8.42 Å². The maximum Gasteiger partial charge on any atom is 0.240 e. The third-order valence-electron chi connectivity index (χ3n) is 7.88. The molecule has 0 atom stereocenters. The van der Waals surface area contributed by atoms with E-state index in [0.717, 1.165) is 50.4 Å². The second-order valence-corrected chi connectivity index (χ2v) is 11.7. The normalized spacial score (nSPS) is 24.4. The van der Waals surface area contributed by atoms with Crippen LogP contribution < -0.4 is 9.46 Å². The SMILES string of the molecule is O=S(=O)(N[C@H]1CC[C@H](CCN2CCC(c3cccc4c3CCO4)CC2)CC1)c1ccccc1. The van der Waals surface area contributed by atoms with E-state index >= 15 is 0 Å². The molecule has 178 valence electrons. The smallest absolute Gasteiger partial charge is 0.240 e. The van der Waals surface area contributed by atoms with Crippen molar-refractivity contribution in [2.24, 2.45) is 5.92 Å². The van der Waals surface area contributed by atoms with Gasteiger partial charge < -0.3 is 9.64 Å². The second kappa shape index (κ2) is 10.2. The van der Waals surface area contributed by atoms with Crippen LogP contribution in [0.3, 0.4) is 0 Å². The minimum atomic E-state index is -3.41. The highest BCUT2D eigenvalue weighted by molar-refractivity contribution is 7.89. The number of hydrogen-bond donors (Lipinski definition) is 1. The molecule has 6 heteroatoms. The predicted molar refractivity (Wildman–Crippen MR) is 131 cm³/mol. The number of fused-ring (bicyclic) bond motifs is 1. The fourth-order valence-electron chi connectivity index (χ4n) is 5.92. The van der Waals surface area contributed by atoms with Crippen LogP contribution in [0.5, 0.6) is 5.75 Å². The van der Waals surface area contributed by atoms with Gasteiger partial charge in [-0.1, -0.05) is 30.3 Å². The van der Waals surface area contributed by atoms with Crippen LogP contribution in [0.4, 0.5) is 0 Å². The third-order valence-corrected chi connectivity index (χ3v) is 9.42. The van der Waals surface area contributed by atoms with Gasteiger partial charge in [-0.25, -0.2) is 13.1 Å². The lowest BCUT2D eigenvalue weighted by Crippen LogP contribution is -2.38. The van der Waals surface area contributed by atoms with Crippen molar-refractivity contribution in [2.75, 3.05) is 26.2 Å². The van der Waals surface area contributed by atoms with Crippen LogP contribution in [0.2, 0.25) is 0 Å². The maximum absolute atomic E-state index is 12.6. The van der Waals surface area contributed by atoms with Crippen molar-refractivity contribution >= 4 is 10.0 Å². The molecule has 3 aliphatic rings. The van der Waals surface area contributed by atoms with Crippen molar-refractivity contribution in [3.63, 3.8) is 0 Å². The number of benzene rings is 2. The van der Waals surface area contributed by atoms with Crippen molar-refractivity contribution in [3.8, 4) is 5.75 Å². The Bertz CT molecular complexity index is 1020. The minimum Gasteiger partial charge on any atom is -0.493 e. The summed E-state index contributed by atoms with van der Waals surface area (Å²) < 4.78 is 33.9. The van der Waals surface area contributed by atoms with Crippen LogP contribution in [0.15, 0.2) is 53.4 Å². The minimum absolute atomic E-state index is 0.0683. The Morgan fingerprint density at radius 3 is 2.42 bits per heavy atom. The second-order valence-electron chi connectivity index (χ2n) is 9.98. The summed E-state index contributed by atoms with van der Waals surface area (Å²) >= 11 is 0. The molecule has 0 aromatic heterocycles. The fourth-order valence-corrected chi connectivity index (χ4v) is 7.25. The summed E-state index contributed by atoms with van der Waals surface area (Å²) in [7, 11) is -3.41. The highest BCUT2D eigenvalue weighted by Crippen LogP contribution is 2.37. The summed E-state index contributed by atoms with van der Waals surface area (Å²) in [6.07, 6.45) is 8.91. The number of nitrogens with zero attached hydrogens (tertiary/aromatic N) is 1. The Hall–Kier alpha value is -1.89. The van der Waals surface area contributed by atoms with Crippen molar-refractivity contribution < 1.29 is 13.2 Å². The largest absolute Gasteiger partial charge is 0.493 e. The summed E-state index contributed by atoms with van der Waals surface area (Å²) in [5.74, 6) is 2.50. The molecule has 1 N–H and O–H groups in total. The Labute approximate surface area is 198 Å². The number of hydrogen-bond acceptors (Lipinski definition) is 4. The first-order chi connectivity index (χ1) is 16.1. The van der Waals surface area contributed by atoms with Crippen LogP contribution >= 0.6 is 0 Å². The highest BCUT2D eigenvalue weighted by Gasteiger charge is 2.28. The summed E-state index contributed by atoms with van der Waals surface area (Å²) in [6, 6.07) is 15.4. The predicted octanol–water partition coefficient (Wildman–Crippen LogP) is 4.73. The van der Waals surface area contributed by atoms with E-state index in [-0.39, 0.29) is 6.04 Å². The molecule has 0 spiro atoms. The number of ether oxygens (including phenoxy) is 1. The Kier molecular flexibility index (Phi) is 7.05. The van der Waals surface area contributed by atoms with Crippen molar-refractivity contribution in [1.82, 2.24) is 9.62 Å². The number of piperidine rings is 1. The van der Waals surface area contributed by atoms with Gasteiger partial charge in [0.1, 0.15) is 5.75 Å². The van der Waals surface area contributed by atoms with Gasteiger partial charge in [-0.2, -0.15) is 0 Å². The molecule has 5 rings (SSSR count). The van der Waals surface area contributed by atoms with Crippen LogP contribution in [0.1, 0.15) is 62.0 Å². The van der Waals surface area contributed by atoms with Crippen molar-refractivity contribution in [2.45, 2.75) is 68.2 Å². The van der Waals surface area contributed by atoms with Gasteiger partial charge in [-0.15, -0.1) is 0 Å². The van der Waals surface area contributed by atoms with Crippen LogP contribution in [0, 0.1) is 5.92 Å². The van der Waals surface area contributed by atoms with Gasteiger partial charge in [0, 0.05) is 18.0 Å². The quantitative estimate of drug-likeness (QED) is 0.638. The molecule has 0 amide bonds. The zero-order chi connectivity index (χ0) is 22.7. The van der Waals surface area contributed by atoms with E-state index in [4.69, 9.17) is 4.74 Å². The number of sulfonamides is 1. The lowest BCUT2D eigenvalue weighted by molar-refractivity contribution is 0.185. The molecule has 1 aliphatic carbocycles. The van der Waals surface area contributed by atoms with E-state index in [1.54, 1.807) is 24.3 Å². The van der Waals surface area contributed by atoms with Crippen LogP contribution in [-0.4, -0.2) is 45.6 Å². The molecule has 0 unspecified atom stereocenters. The molecule has 2 aromatic rings. The molecule has 0 radical (unpaired) electrons. The van der Waals surface area contributed by atoms with E-state index in [1.165, 1.54) is 50.0 Å². The zero-order valence-corrected chi connectivity index (χ0v) is 20.2. The topological polar surface area (TPSA) is 58.6 Å². The molecular formula is C27H36N2O3S. The monoisotopic (exact) mass is 468 g/mol. The van der Waals surface area contributed by atoms with Crippen LogP contribution in [0.25, 0.3) is 0 Å². The molecule has 0 bridgehead atoms. The van der Waals surface area contributed by atoms with Crippen molar-refractivity contribution in [1.29, 1.82) is 0 Å². The lowest BCUT2D eigenvalue weighted by atomic mass is 9.83. The lowest BCUT2D eigenvalue weighted by Gasteiger charge is -2.35. The van der Waals surface area contributed by atoms with Crippen LogP contribution in [-0.2, 0) is 16.4 Å². The molecule has 2 fully saturated rings. The first-order valence-corrected chi connectivity index (χ1v) is 14.1. The van der Waals surface area contributed by atoms with E-state index in [0.29, 0.717) is 10.8 Å². The van der Waals surface area contributed by atoms with Gasteiger partial charge >= 0.3 is 0 Å². The Morgan fingerprint density at radius 1 is 0.909 bits per heavy atom. The van der Waals surface area contributed by atoms with E-state index in [1.807, 2.05) is 6.07 Å². The van der Waals surface area contributed by atoms with Gasteiger partial charge in [0.2, 0.25) is 10.0 Å². The average Bonchev–Trinajstić information content (AvgIpc) is 3.34. The summed E-state index contributed by atoms with van der Waals surface area (Å²) in [5.41, 5.74) is 2.98. The van der Waals surface area contributed by atoms with E-state index < -0.39 is 10.0 Å². The van der Waals surface area contributed by atoms with Gasteiger partial charge in [0.15, 0.2) is 0 Å². The molecular weight excluding hydrogens is 432 g/mol. The molecule has 5 nitrogen and oxygen atoms in total. The molecule has 2 heterocycles. The zero-order valence-electron chi connectivity index (χ0n) is 19.4. The van der Waals surface area contributed by atoms with Gasteiger partial charge in [-0.3, -0.25) is 0 Å². The Balaban J connectivity index is 1.04. The summed E-state index contributed by atoms with van der Waals surface area (Å²) in [5, 5.41) is 0. The van der Waals surface area contributed by atoms with E-state index in [2.05, 4.69) is 27.8 Å². The third kappa shape index (κ3) is 5.44. The molecule has 1 saturated heterocycles. The van der Waals surface area contributed by atoms with Gasteiger partial charge in [0.05, 0.1) is 11.5 Å². The summed E-state index contributed by atoms with van der Waals surface area (Å²) in [4.78, 5) is 3.00. The standard InChI is InChI=1S/C27H36N2O3S/c30-33(31,24-5-2-1-3-6-24)28-23-11-9-21(10-12-23)13-17-29-18-14-22(15-19-29)25-7-4-8-27-26(25)16-20-32-27/h1-8,21-23,28H,9-20H2/t21-,23-. The average molecular weight is 469 g/mol. The van der Waals surface area contributed by atoms with Gasteiger partial charge in [-0.05, 0) is 100 Å². The van der Waals surface area contributed by atoms with Gasteiger partial charge in [0.25, 0.3) is 0 Å². The highest BCUT2D eigenvalue weighted by atomic mass is 32.2. The fraction of sp³-hybridized carbons (Fsp3) is 0.556. The maximum atomic E-state index is 12.6. The van der Waals surface area contributed by atoms with Crippen molar-refractivity contribution in [3.05, 3.63) is 59.7 Å². The number of nitrogens with one attached hydrogen (secondary N) is 1. The first-order valence-electron chi connectivity index (χ1n) is 12.6. The molecule has 33 heavy (non-hydrogen) atoms.